The maximum Gasteiger partial charge on any atom is 0.235 e. The summed E-state index contributed by atoms with van der Waals surface area (Å²) in [7, 11) is 0. The maximum absolute atomic E-state index is 12.0. The van der Waals surface area contributed by atoms with Gasteiger partial charge in [0.2, 0.25) is 5.91 Å². The van der Waals surface area contributed by atoms with Crippen molar-refractivity contribution in [2.24, 2.45) is 11.7 Å². The Bertz CT molecular complexity index is 226. The van der Waals surface area contributed by atoms with E-state index in [2.05, 4.69) is 0 Å². The van der Waals surface area contributed by atoms with Crippen LogP contribution in [-0.2, 0) is 4.79 Å². The summed E-state index contributed by atoms with van der Waals surface area (Å²) in [5.74, 6) is 0.754. The van der Waals surface area contributed by atoms with Gasteiger partial charge in [0.25, 0.3) is 0 Å². The molecule has 1 fully saturated rings. The molecule has 0 aliphatic carbocycles. The van der Waals surface area contributed by atoms with Crippen LogP contribution in [0.1, 0.15) is 26.7 Å². The molecule has 96 valence electrons. The Hall–Kier alpha value is 0.0700. The van der Waals surface area contributed by atoms with Crippen molar-refractivity contribution in [2.75, 3.05) is 19.3 Å². The third-order valence-corrected chi connectivity index (χ3v) is 4.12. The normalized spacial score (nSPS) is 24.5. The zero-order valence-corrected chi connectivity index (χ0v) is 11.9. The molecule has 3 atom stereocenters. The van der Waals surface area contributed by atoms with Gasteiger partial charge in [-0.1, -0.05) is 0 Å². The molecule has 2 N–H and O–H groups in total. The Morgan fingerprint density at radius 1 is 1.50 bits per heavy atom. The highest BCUT2D eigenvalue weighted by molar-refractivity contribution is 7.99. The van der Waals surface area contributed by atoms with Crippen molar-refractivity contribution in [3.63, 3.8) is 0 Å². The lowest BCUT2D eigenvalue weighted by Crippen LogP contribution is -2.47. The molecular weight excluding hydrogens is 244 g/mol. The molecule has 1 rings (SSSR count). The number of amides is 1. The van der Waals surface area contributed by atoms with Gasteiger partial charge >= 0.3 is 0 Å². The lowest BCUT2D eigenvalue weighted by molar-refractivity contribution is -0.132. The van der Waals surface area contributed by atoms with Gasteiger partial charge in [0.15, 0.2) is 0 Å². The molecule has 0 aromatic heterocycles. The summed E-state index contributed by atoms with van der Waals surface area (Å²) in [6.07, 6.45) is 4.24. The van der Waals surface area contributed by atoms with E-state index in [9.17, 15) is 4.79 Å². The average molecular weight is 267 g/mol. The molecule has 1 aliphatic rings. The van der Waals surface area contributed by atoms with Crippen LogP contribution in [0.4, 0.5) is 0 Å². The fraction of sp³-hybridized carbons (Fsp3) is 0.909. The highest BCUT2D eigenvalue weighted by atomic mass is 35.5. The smallest absolute Gasteiger partial charge is 0.235 e. The zero-order valence-electron chi connectivity index (χ0n) is 10.3. The minimum absolute atomic E-state index is 0. The molecular formula is C11H23ClN2OS. The Labute approximate surface area is 109 Å². The van der Waals surface area contributed by atoms with Crippen LogP contribution in [0.2, 0.25) is 0 Å². The van der Waals surface area contributed by atoms with Crippen molar-refractivity contribution in [3.8, 4) is 0 Å². The predicted octanol–water partition coefficient (Wildman–Crippen LogP) is 1.75. The van der Waals surface area contributed by atoms with Crippen molar-refractivity contribution in [2.45, 2.75) is 38.0 Å². The molecule has 0 spiro atoms. The quantitative estimate of drug-likeness (QED) is 0.847. The summed E-state index contributed by atoms with van der Waals surface area (Å²) in [5, 5.41) is 0.0804. The van der Waals surface area contributed by atoms with E-state index in [1.54, 1.807) is 11.8 Å². The average Bonchev–Trinajstić information content (AvgIpc) is 2.27. The van der Waals surface area contributed by atoms with Gasteiger partial charge in [-0.15, -0.1) is 12.4 Å². The topological polar surface area (TPSA) is 46.3 Å². The van der Waals surface area contributed by atoms with Crippen molar-refractivity contribution in [1.82, 2.24) is 4.90 Å². The molecule has 0 aromatic carbocycles. The Morgan fingerprint density at radius 3 is 2.62 bits per heavy atom. The van der Waals surface area contributed by atoms with E-state index in [1.165, 1.54) is 0 Å². The van der Waals surface area contributed by atoms with Gasteiger partial charge in [-0.05, 0) is 38.9 Å². The highest BCUT2D eigenvalue weighted by Crippen LogP contribution is 2.21. The summed E-state index contributed by atoms with van der Waals surface area (Å²) in [6, 6.07) is 0.199. The molecule has 0 radical (unpaired) electrons. The van der Waals surface area contributed by atoms with E-state index in [4.69, 9.17) is 5.73 Å². The first-order chi connectivity index (χ1) is 7.06. The Balaban J connectivity index is 0.00000225. The molecule has 3 unspecified atom stereocenters. The van der Waals surface area contributed by atoms with Gasteiger partial charge in [0.05, 0.1) is 5.25 Å². The van der Waals surface area contributed by atoms with Crippen LogP contribution in [0.15, 0.2) is 0 Å². The first-order valence-electron chi connectivity index (χ1n) is 5.63. The van der Waals surface area contributed by atoms with Gasteiger partial charge in [0.1, 0.15) is 0 Å². The SMILES string of the molecule is CSC(C)C(=O)N1CCCC(C(C)N)C1.Cl. The second-order valence-electron chi connectivity index (χ2n) is 4.42. The second-order valence-corrected chi connectivity index (χ2v) is 5.60. The van der Waals surface area contributed by atoms with Crippen LogP contribution in [0, 0.1) is 5.92 Å². The summed E-state index contributed by atoms with van der Waals surface area (Å²) >= 11 is 1.61. The number of hydrogen-bond donors (Lipinski definition) is 1. The molecule has 16 heavy (non-hydrogen) atoms. The number of piperidine rings is 1. The largest absolute Gasteiger partial charge is 0.341 e. The van der Waals surface area contributed by atoms with Crippen LogP contribution < -0.4 is 5.73 Å². The number of nitrogens with zero attached hydrogens (tertiary/aromatic N) is 1. The third kappa shape index (κ3) is 4.15. The molecule has 0 bridgehead atoms. The molecule has 1 amide bonds. The molecule has 5 heteroatoms. The van der Waals surface area contributed by atoms with Gasteiger partial charge in [-0.25, -0.2) is 0 Å². The summed E-state index contributed by atoms with van der Waals surface area (Å²) in [6.45, 7) is 5.77. The first-order valence-corrected chi connectivity index (χ1v) is 6.92. The van der Waals surface area contributed by atoms with Crippen LogP contribution >= 0.6 is 24.2 Å². The van der Waals surface area contributed by atoms with E-state index < -0.39 is 0 Å². The second kappa shape index (κ2) is 7.41. The number of rotatable bonds is 3. The van der Waals surface area contributed by atoms with Crippen LogP contribution in [0.5, 0.6) is 0 Å². The molecule has 0 saturated carbocycles. The number of likely N-dealkylation sites (tertiary alicyclic amines) is 1. The van der Waals surface area contributed by atoms with Gasteiger partial charge < -0.3 is 10.6 Å². The van der Waals surface area contributed by atoms with E-state index in [-0.39, 0.29) is 29.6 Å². The predicted molar refractivity (Wildman–Crippen MR) is 73.2 cm³/mol. The number of hydrogen-bond acceptors (Lipinski definition) is 3. The van der Waals surface area contributed by atoms with E-state index in [0.29, 0.717) is 5.92 Å². The van der Waals surface area contributed by atoms with Crippen LogP contribution in [0.3, 0.4) is 0 Å². The van der Waals surface area contributed by atoms with E-state index in [1.807, 2.05) is 25.0 Å². The lowest BCUT2D eigenvalue weighted by atomic mass is 9.92. The zero-order chi connectivity index (χ0) is 11.4. The monoisotopic (exact) mass is 266 g/mol. The number of halogens is 1. The van der Waals surface area contributed by atoms with Crippen molar-refractivity contribution in [3.05, 3.63) is 0 Å². The summed E-state index contributed by atoms with van der Waals surface area (Å²) in [4.78, 5) is 13.9. The third-order valence-electron chi connectivity index (χ3n) is 3.21. The highest BCUT2D eigenvalue weighted by Gasteiger charge is 2.27. The van der Waals surface area contributed by atoms with Crippen molar-refractivity contribution < 1.29 is 4.79 Å². The minimum atomic E-state index is 0. The van der Waals surface area contributed by atoms with E-state index >= 15 is 0 Å². The minimum Gasteiger partial charge on any atom is -0.341 e. The standard InChI is InChI=1S/C11H22N2OS.ClH/c1-8(12)10-5-4-6-13(7-10)11(14)9(2)15-3;/h8-10H,4-7,12H2,1-3H3;1H. The Kier molecular flexibility index (Phi) is 7.44. The molecule has 3 nitrogen and oxygen atoms in total. The molecule has 1 heterocycles. The molecule has 0 aromatic rings. The number of carbonyl (C=O) groups is 1. The summed E-state index contributed by atoms with van der Waals surface area (Å²) < 4.78 is 0. The van der Waals surface area contributed by atoms with Crippen LogP contribution in [0.25, 0.3) is 0 Å². The van der Waals surface area contributed by atoms with Gasteiger partial charge in [-0.3, -0.25) is 4.79 Å². The fourth-order valence-electron chi connectivity index (χ4n) is 2.00. The molecule has 1 saturated heterocycles. The fourth-order valence-corrected chi connectivity index (χ4v) is 2.35. The molecule has 1 aliphatic heterocycles. The van der Waals surface area contributed by atoms with Crippen LogP contribution in [-0.4, -0.2) is 41.4 Å². The van der Waals surface area contributed by atoms with Gasteiger partial charge in [0, 0.05) is 19.1 Å². The van der Waals surface area contributed by atoms with E-state index in [0.717, 1.165) is 25.9 Å². The number of carbonyl (C=O) groups excluding carboxylic acids is 1. The lowest BCUT2D eigenvalue weighted by Gasteiger charge is -2.35. The number of thioether (sulfide) groups is 1. The van der Waals surface area contributed by atoms with Crippen molar-refractivity contribution in [1.29, 1.82) is 0 Å². The van der Waals surface area contributed by atoms with Crippen molar-refractivity contribution >= 4 is 30.1 Å². The maximum atomic E-state index is 12.0. The summed E-state index contributed by atoms with van der Waals surface area (Å²) in [5.41, 5.74) is 5.89. The first kappa shape index (κ1) is 16.1. The van der Waals surface area contributed by atoms with Gasteiger partial charge in [-0.2, -0.15) is 11.8 Å². The number of nitrogens with two attached hydrogens (primary N) is 1. The Morgan fingerprint density at radius 2 is 2.12 bits per heavy atom.